The van der Waals surface area contributed by atoms with E-state index in [1.165, 1.54) is 0 Å². The van der Waals surface area contributed by atoms with Crippen LogP contribution in [0.2, 0.25) is 0 Å². The number of aliphatic hydroxyl groups is 1. The second kappa shape index (κ2) is 8.05. The third-order valence-electron chi connectivity index (χ3n) is 2.94. The summed E-state index contributed by atoms with van der Waals surface area (Å²) in [6.07, 6.45) is 0.104. The van der Waals surface area contributed by atoms with Crippen molar-refractivity contribution in [3.8, 4) is 11.5 Å². The Balaban J connectivity index is 1.82. The molecule has 2 aromatic rings. The van der Waals surface area contributed by atoms with E-state index in [9.17, 15) is 4.79 Å². The number of aliphatic hydroxyl groups excluding tert-OH is 1. The molecule has 0 heterocycles. The van der Waals surface area contributed by atoms with Gasteiger partial charge in [0.25, 0.3) is 0 Å². The average Bonchev–Trinajstić information content (AvgIpc) is 2.50. The Hall–Kier alpha value is -2.53. The van der Waals surface area contributed by atoms with E-state index in [2.05, 4.69) is 10.6 Å². The molecule has 0 aliphatic carbocycles. The number of hydrogen-bond donors (Lipinski definition) is 3. The molecule has 2 amide bonds. The van der Waals surface area contributed by atoms with E-state index >= 15 is 0 Å². The SMILES string of the molecule is CC(O)CCNC(=O)Nc1ccc(Oc2ccccc2)cc1. The lowest BCUT2D eigenvalue weighted by atomic mass is 10.3. The first-order chi connectivity index (χ1) is 10.6. The van der Waals surface area contributed by atoms with Gasteiger partial charge in [0.05, 0.1) is 6.10 Å². The van der Waals surface area contributed by atoms with E-state index in [-0.39, 0.29) is 6.03 Å². The van der Waals surface area contributed by atoms with E-state index in [1.54, 1.807) is 31.2 Å². The molecule has 0 bridgehead atoms. The van der Waals surface area contributed by atoms with Crippen molar-refractivity contribution in [2.45, 2.75) is 19.4 Å². The molecule has 0 aliphatic rings. The van der Waals surface area contributed by atoms with Gasteiger partial charge in [-0.3, -0.25) is 0 Å². The lowest BCUT2D eigenvalue weighted by Crippen LogP contribution is -2.30. The van der Waals surface area contributed by atoms with Crippen LogP contribution in [0.5, 0.6) is 11.5 Å². The Kier molecular flexibility index (Phi) is 5.80. The molecule has 0 radical (unpaired) electrons. The van der Waals surface area contributed by atoms with E-state index in [1.807, 2.05) is 30.3 Å². The van der Waals surface area contributed by atoms with Gasteiger partial charge >= 0.3 is 6.03 Å². The predicted octanol–water partition coefficient (Wildman–Crippen LogP) is 3.37. The minimum Gasteiger partial charge on any atom is -0.457 e. The molecular weight excluding hydrogens is 280 g/mol. The lowest BCUT2D eigenvalue weighted by molar-refractivity contribution is 0.184. The maximum absolute atomic E-state index is 11.6. The molecule has 0 fully saturated rings. The van der Waals surface area contributed by atoms with Crippen molar-refractivity contribution in [2.24, 2.45) is 0 Å². The highest BCUT2D eigenvalue weighted by Crippen LogP contribution is 2.22. The van der Waals surface area contributed by atoms with Gasteiger partial charge in [-0.15, -0.1) is 0 Å². The average molecular weight is 300 g/mol. The molecule has 3 N–H and O–H groups in total. The van der Waals surface area contributed by atoms with Crippen LogP contribution in [0.3, 0.4) is 0 Å². The smallest absolute Gasteiger partial charge is 0.319 e. The van der Waals surface area contributed by atoms with Crippen LogP contribution in [0, 0.1) is 0 Å². The highest BCUT2D eigenvalue weighted by atomic mass is 16.5. The van der Waals surface area contributed by atoms with Crippen LogP contribution in [0.4, 0.5) is 10.5 Å². The second-order valence-electron chi connectivity index (χ2n) is 4.96. The maximum atomic E-state index is 11.6. The quantitative estimate of drug-likeness (QED) is 0.766. The van der Waals surface area contributed by atoms with Gasteiger partial charge in [0.2, 0.25) is 0 Å². The zero-order valence-corrected chi connectivity index (χ0v) is 12.5. The summed E-state index contributed by atoms with van der Waals surface area (Å²) < 4.78 is 5.67. The van der Waals surface area contributed by atoms with Crippen molar-refractivity contribution in [1.82, 2.24) is 5.32 Å². The number of ether oxygens (including phenoxy) is 1. The number of rotatable bonds is 6. The first-order valence-electron chi connectivity index (χ1n) is 7.19. The minimum absolute atomic E-state index is 0.294. The number of para-hydroxylation sites is 1. The number of nitrogens with one attached hydrogen (secondary N) is 2. The number of hydrogen-bond acceptors (Lipinski definition) is 3. The van der Waals surface area contributed by atoms with Crippen LogP contribution < -0.4 is 15.4 Å². The molecular formula is C17H20N2O3. The standard InChI is InChI=1S/C17H20N2O3/c1-13(20)11-12-18-17(21)19-14-7-9-16(10-8-14)22-15-5-3-2-4-6-15/h2-10,13,20H,11-12H2,1H3,(H2,18,19,21). The molecule has 1 unspecified atom stereocenters. The maximum Gasteiger partial charge on any atom is 0.319 e. The fraction of sp³-hybridized carbons (Fsp3) is 0.235. The highest BCUT2D eigenvalue weighted by molar-refractivity contribution is 5.89. The number of urea groups is 1. The first kappa shape index (κ1) is 15.9. The van der Waals surface area contributed by atoms with E-state index in [0.29, 0.717) is 24.4 Å². The third kappa shape index (κ3) is 5.46. The van der Waals surface area contributed by atoms with E-state index < -0.39 is 6.10 Å². The Morgan fingerprint density at radius 3 is 2.36 bits per heavy atom. The van der Waals surface area contributed by atoms with Crippen molar-refractivity contribution < 1.29 is 14.6 Å². The Labute approximate surface area is 129 Å². The van der Waals surface area contributed by atoms with Gasteiger partial charge in [0.15, 0.2) is 0 Å². The monoisotopic (exact) mass is 300 g/mol. The summed E-state index contributed by atoms with van der Waals surface area (Å²) in [5, 5.41) is 14.5. The van der Waals surface area contributed by atoms with Crippen molar-refractivity contribution in [1.29, 1.82) is 0 Å². The van der Waals surface area contributed by atoms with Gasteiger partial charge in [-0.05, 0) is 49.7 Å². The minimum atomic E-state index is -0.422. The fourth-order valence-corrected chi connectivity index (χ4v) is 1.80. The summed E-state index contributed by atoms with van der Waals surface area (Å²) >= 11 is 0. The molecule has 5 heteroatoms. The molecule has 0 saturated carbocycles. The summed E-state index contributed by atoms with van der Waals surface area (Å²) in [4.78, 5) is 11.6. The number of amides is 2. The molecule has 0 spiro atoms. The van der Waals surface area contributed by atoms with Gasteiger partial charge in [-0.25, -0.2) is 4.79 Å². The van der Waals surface area contributed by atoms with Gasteiger partial charge < -0.3 is 20.5 Å². The van der Waals surface area contributed by atoms with Crippen molar-refractivity contribution in [3.05, 3.63) is 54.6 Å². The molecule has 2 rings (SSSR count). The van der Waals surface area contributed by atoms with Crippen LogP contribution in [-0.4, -0.2) is 23.8 Å². The van der Waals surface area contributed by atoms with Gasteiger partial charge in [0, 0.05) is 12.2 Å². The molecule has 5 nitrogen and oxygen atoms in total. The van der Waals surface area contributed by atoms with E-state index in [4.69, 9.17) is 9.84 Å². The summed E-state index contributed by atoms with van der Waals surface area (Å²) in [7, 11) is 0. The Bertz CT molecular complexity index is 583. The predicted molar refractivity (Wildman–Crippen MR) is 86.3 cm³/mol. The van der Waals surface area contributed by atoms with Gasteiger partial charge in [-0.1, -0.05) is 18.2 Å². The highest BCUT2D eigenvalue weighted by Gasteiger charge is 2.03. The van der Waals surface area contributed by atoms with Crippen LogP contribution >= 0.6 is 0 Å². The topological polar surface area (TPSA) is 70.6 Å². The normalized spacial score (nSPS) is 11.5. The summed E-state index contributed by atoms with van der Waals surface area (Å²) in [5.41, 5.74) is 0.676. The van der Waals surface area contributed by atoms with Crippen LogP contribution in [0.25, 0.3) is 0 Å². The molecule has 22 heavy (non-hydrogen) atoms. The molecule has 116 valence electrons. The zero-order chi connectivity index (χ0) is 15.8. The van der Waals surface area contributed by atoms with Crippen LogP contribution in [0.15, 0.2) is 54.6 Å². The van der Waals surface area contributed by atoms with Crippen molar-refractivity contribution >= 4 is 11.7 Å². The largest absolute Gasteiger partial charge is 0.457 e. The van der Waals surface area contributed by atoms with Gasteiger partial charge in [-0.2, -0.15) is 0 Å². The molecule has 2 aromatic carbocycles. The number of carbonyl (C=O) groups is 1. The molecule has 1 atom stereocenters. The van der Waals surface area contributed by atoms with Crippen LogP contribution in [0.1, 0.15) is 13.3 Å². The number of carbonyl (C=O) groups excluding carboxylic acids is 1. The fourth-order valence-electron chi connectivity index (χ4n) is 1.80. The summed E-state index contributed by atoms with van der Waals surface area (Å²) in [6, 6.07) is 16.3. The van der Waals surface area contributed by atoms with E-state index in [0.717, 1.165) is 5.75 Å². The molecule has 0 aliphatic heterocycles. The van der Waals surface area contributed by atoms with Crippen molar-refractivity contribution in [3.63, 3.8) is 0 Å². The van der Waals surface area contributed by atoms with Crippen molar-refractivity contribution in [2.75, 3.05) is 11.9 Å². The number of anilines is 1. The molecule has 0 aromatic heterocycles. The van der Waals surface area contributed by atoms with Gasteiger partial charge in [0.1, 0.15) is 11.5 Å². The summed E-state index contributed by atoms with van der Waals surface area (Å²) in [5.74, 6) is 1.46. The Morgan fingerprint density at radius 2 is 1.73 bits per heavy atom. The number of benzene rings is 2. The first-order valence-corrected chi connectivity index (χ1v) is 7.19. The molecule has 0 saturated heterocycles. The lowest BCUT2D eigenvalue weighted by Gasteiger charge is -2.10. The summed E-state index contributed by atoms with van der Waals surface area (Å²) in [6.45, 7) is 2.11. The zero-order valence-electron chi connectivity index (χ0n) is 12.5. The second-order valence-corrected chi connectivity index (χ2v) is 4.96. The third-order valence-corrected chi connectivity index (χ3v) is 2.94. The Morgan fingerprint density at radius 1 is 1.09 bits per heavy atom. The van der Waals surface area contributed by atoms with Crippen LogP contribution in [-0.2, 0) is 0 Å².